The quantitative estimate of drug-likeness (QED) is 0.582. The number of nitrogens with zero attached hydrogens (tertiary/aromatic N) is 4. The van der Waals surface area contributed by atoms with E-state index in [1.54, 1.807) is 6.20 Å². The van der Waals surface area contributed by atoms with E-state index in [4.69, 9.17) is 11.2 Å². The molecule has 5 rings (SSSR count). The van der Waals surface area contributed by atoms with Gasteiger partial charge in [0, 0.05) is 37.5 Å². The zero-order valence-electron chi connectivity index (χ0n) is 20.0. The largest absolute Gasteiger partial charge is 0.505 e. The highest BCUT2D eigenvalue weighted by molar-refractivity contribution is 6.01. The van der Waals surface area contributed by atoms with Gasteiger partial charge in [0.05, 0.1) is 31.1 Å². The SMILES string of the molecule is C#C.C#CC(CC)NC(=O)c1c(O)c2nc(C3CCC3)cnc2n(CCN2CC3(COC3)C2)c1=O. The second-order valence-electron chi connectivity index (χ2n) is 9.58. The maximum Gasteiger partial charge on any atom is 0.269 e. The highest BCUT2D eigenvalue weighted by Gasteiger charge is 2.48. The predicted molar refractivity (Wildman–Crippen MR) is 132 cm³/mol. The van der Waals surface area contributed by atoms with Crippen molar-refractivity contribution in [1.82, 2.24) is 24.8 Å². The van der Waals surface area contributed by atoms with E-state index < -0.39 is 23.3 Å². The van der Waals surface area contributed by atoms with Gasteiger partial charge in [0.2, 0.25) is 0 Å². The molecule has 9 nitrogen and oxygen atoms in total. The van der Waals surface area contributed by atoms with E-state index in [9.17, 15) is 14.7 Å². The maximum atomic E-state index is 13.4. The number of fused-ring (bicyclic) bond motifs is 1. The van der Waals surface area contributed by atoms with Crippen LogP contribution in [0.25, 0.3) is 11.2 Å². The molecule has 35 heavy (non-hydrogen) atoms. The topological polar surface area (TPSA) is 110 Å². The van der Waals surface area contributed by atoms with Crippen LogP contribution < -0.4 is 10.9 Å². The maximum absolute atomic E-state index is 13.4. The standard InChI is InChI=1S/C24H29N5O4.C2H2/c1-3-16(4-2)26-22(31)18-20(30)19-21(25-10-17(27-19)15-6-5-7-15)29(23(18)32)9-8-28-11-24(12-28)13-33-14-24;1-2/h1,10,15-16,30H,4-9,11-14H2,2H3,(H,26,31);1-2H. The number of terminal acetylenes is 2. The summed E-state index contributed by atoms with van der Waals surface area (Å²) in [6.07, 6.45) is 18.9. The van der Waals surface area contributed by atoms with Crippen molar-refractivity contribution < 1.29 is 14.6 Å². The van der Waals surface area contributed by atoms with E-state index >= 15 is 0 Å². The molecule has 3 fully saturated rings. The predicted octanol–water partition coefficient (Wildman–Crippen LogP) is 1.49. The summed E-state index contributed by atoms with van der Waals surface area (Å²) in [5.41, 5.74) is 0.620. The molecule has 0 radical (unpaired) electrons. The number of hydrogen-bond donors (Lipinski definition) is 2. The Morgan fingerprint density at radius 1 is 1.34 bits per heavy atom. The van der Waals surface area contributed by atoms with Gasteiger partial charge in [0.1, 0.15) is 11.1 Å². The minimum Gasteiger partial charge on any atom is -0.505 e. The number of amides is 1. The van der Waals surface area contributed by atoms with Gasteiger partial charge >= 0.3 is 0 Å². The summed E-state index contributed by atoms with van der Waals surface area (Å²) in [7, 11) is 0. The number of pyridine rings is 1. The monoisotopic (exact) mass is 477 g/mol. The first-order valence-electron chi connectivity index (χ1n) is 12.0. The molecule has 1 amide bonds. The van der Waals surface area contributed by atoms with Gasteiger partial charge in [-0.05, 0) is 19.3 Å². The Balaban J connectivity index is 0.00000141. The first kappa shape index (κ1) is 24.7. The lowest BCUT2D eigenvalue weighted by molar-refractivity contribution is -0.189. The van der Waals surface area contributed by atoms with E-state index in [2.05, 4.69) is 39.0 Å². The van der Waals surface area contributed by atoms with Gasteiger partial charge in [-0.3, -0.25) is 14.2 Å². The third kappa shape index (κ3) is 4.50. The highest BCUT2D eigenvalue weighted by Crippen LogP contribution is 2.38. The molecule has 1 atom stereocenters. The van der Waals surface area contributed by atoms with Gasteiger partial charge in [0.15, 0.2) is 11.4 Å². The third-order valence-corrected chi connectivity index (χ3v) is 7.19. The highest BCUT2D eigenvalue weighted by atomic mass is 16.5. The lowest BCUT2D eigenvalue weighted by Gasteiger charge is -2.55. The average Bonchev–Trinajstić information content (AvgIpc) is 2.77. The molecule has 184 valence electrons. The number of carbonyl (C=O) groups excluding carboxylic acids is 1. The smallest absolute Gasteiger partial charge is 0.269 e. The first-order valence-corrected chi connectivity index (χ1v) is 12.0. The second kappa shape index (κ2) is 10.1. The summed E-state index contributed by atoms with van der Waals surface area (Å²) in [5.74, 6) is 1.66. The Morgan fingerprint density at radius 2 is 2.06 bits per heavy atom. The van der Waals surface area contributed by atoms with Crippen LogP contribution in [0.1, 0.15) is 54.6 Å². The fraction of sp³-hybridized carbons (Fsp3) is 0.538. The summed E-state index contributed by atoms with van der Waals surface area (Å²) < 4.78 is 6.79. The van der Waals surface area contributed by atoms with Crippen LogP contribution in [0.3, 0.4) is 0 Å². The molecule has 2 N–H and O–H groups in total. The minimum absolute atomic E-state index is 0.186. The van der Waals surface area contributed by atoms with E-state index in [-0.39, 0.29) is 16.5 Å². The number of likely N-dealkylation sites (tertiary alicyclic amines) is 1. The third-order valence-electron chi connectivity index (χ3n) is 7.19. The molecule has 2 aromatic heterocycles. The summed E-state index contributed by atoms with van der Waals surface area (Å²) >= 11 is 0. The van der Waals surface area contributed by atoms with Crippen molar-refractivity contribution in [1.29, 1.82) is 0 Å². The van der Waals surface area contributed by atoms with E-state index in [0.717, 1.165) is 51.3 Å². The molecule has 1 unspecified atom stereocenters. The van der Waals surface area contributed by atoms with Crippen LogP contribution in [0.4, 0.5) is 0 Å². The average molecular weight is 478 g/mol. The Hall–Kier alpha value is -3.40. The number of aromatic nitrogens is 3. The molecule has 2 aromatic rings. The van der Waals surface area contributed by atoms with Gasteiger partial charge in [-0.25, -0.2) is 9.97 Å². The van der Waals surface area contributed by atoms with Crippen LogP contribution in [-0.2, 0) is 11.3 Å². The lowest BCUT2D eigenvalue weighted by Crippen LogP contribution is -2.66. The zero-order chi connectivity index (χ0) is 25.2. The number of ether oxygens (including phenoxy) is 1. The minimum atomic E-state index is -0.691. The van der Waals surface area contributed by atoms with Gasteiger partial charge in [-0.15, -0.1) is 19.3 Å². The molecule has 0 bridgehead atoms. The van der Waals surface area contributed by atoms with Crippen molar-refractivity contribution in [3.63, 3.8) is 0 Å². The fourth-order valence-electron chi connectivity index (χ4n) is 4.88. The molecule has 2 saturated heterocycles. The van der Waals surface area contributed by atoms with E-state index in [0.29, 0.717) is 31.1 Å². The lowest BCUT2D eigenvalue weighted by atomic mass is 9.78. The number of carbonyl (C=O) groups is 1. The molecular formula is C26H31N5O4. The van der Waals surface area contributed by atoms with Crippen LogP contribution >= 0.6 is 0 Å². The van der Waals surface area contributed by atoms with Gasteiger partial charge in [0.25, 0.3) is 11.5 Å². The summed E-state index contributed by atoms with van der Waals surface area (Å²) in [6, 6.07) is -0.533. The molecular weight excluding hydrogens is 446 g/mol. The van der Waals surface area contributed by atoms with Crippen molar-refractivity contribution in [2.75, 3.05) is 32.8 Å². The van der Waals surface area contributed by atoms with Crippen LogP contribution in [0.15, 0.2) is 11.0 Å². The van der Waals surface area contributed by atoms with Crippen LogP contribution in [0.2, 0.25) is 0 Å². The van der Waals surface area contributed by atoms with Crippen molar-refractivity contribution in [3.05, 3.63) is 27.8 Å². The molecule has 2 aliphatic heterocycles. The summed E-state index contributed by atoms with van der Waals surface area (Å²) in [5, 5.41) is 13.6. The zero-order valence-corrected chi connectivity index (χ0v) is 20.0. The number of aromatic hydroxyl groups is 1. The summed E-state index contributed by atoms with van der Waals surface area (Å²) in [6.45, 7) is 6.27. The molecule has 0 aromatic carbocycles. The molecule has 9 heteroatoms. The van der Waals surface area contributed by atoms with Crippen molar-refractivity contribution in [2.24, 2.45) is 5.41 Å². The summed E-state index contributed by atoms with van der Waals surface area (Å²) in [4.78, 5) is 37.8. The van der Waals surface area contributed by atoms with Crippen LogP contribution in [0, 0.1) is 30.6 Å². The second-order valence-corrected chi connectivity index (χ2v) is 9.58. The molecule has 3 aliphatic rings. The number of nitrogens with one attached hydrogen (secondary N) is 1. The van der Waals surface area contributed by atoms with Gasteiger partial charge in [-0.1, -0.05) is 19.3 Å². The van der Waals surface area contributed by atoms with E-state index in [1.807, 2.05) is 6.92 Å². The first-order chi connectivity index (χ1) is 16.9. The normalized spacial score (nSPS) is 19.4. The molecule has 4 heterocycles. The van der Waals surface area contributed by atoms with Crippen LogP contribution in [0.5, 0.6) is 5.75 Å². The number of hydrogen-bond acceptors (Lipinski definition) is 7. The Morgan fingerprint density at radius 3 is 2.60 bits per heavy atom. The van der Waals surface area contributed by atoms with Crippen molar-refractivity contribution in [3.8, 4) is 30.9 Å². The fourth-order valence-corrected chi connectivity index (χ4v) is 4.88. The molecule has 1 spiro atoms. The molecule has 1 saturated carbocycles. The van der Waals surface area contributed by atoms with E-state index in [1.165, 1.54) is 4.57 Å². The van der Waals surface area contributed by atoms with Crippen molar-refractivity contribution in [2.45, 2.75) is 51.1 Å². The Bertz CT molecular complexity index is 1230. The van der Waals surface area contributed by atoms with Crippen molar-refractivity contribution >= 4 is 17.1 Å². The van der Waals surface area contributed by atoms with Gasteiger partial charge in [-0.2, -0.15) is 0 Å². The van der Waals surface area contributed by atoms with Crippen LogP contribution in [-0.4, -0.2) is 69.3 Å². The van der Waals surface area contributed by atoms with Gasteiger partial charge < -0.3 is 20.1 Å². The Kier molecular flexibility index (Phi) is 7.11. The molecule has 1 aliphatic carbocycles. The number of rotatable bonds is 7. The Labute approximate surface area is 204 Å².